The molecule has 2 aromatic rings. The molecule has 23 heavy (non-hydrogen) atoms. The predicted octanol–water partition coefficient (Wildman–Crippen LogP) is 2.41. The third-order valence-electron chi connectivity index (χ3n) is 3.45. The van der Waals surface area contributed by atoms with Gasteiger partial charge in [-0.3, -0.25) is 9.59 Å². The minimum Gasteiger partial charge on any atom is -0.454 e. The number of carbonyl (C=O) groups is 2. The number of fused-ring (bicyclic) bond motifs is 1. The molecule has 0 aromatic heterocycles. The van der Waals surface area contributed by atoms with Gasteiger partial charge >= 0.3 is 11.8 Å². The highest BCUT2D eigenvalue weighted by atomic mass is 16.7. The van der Waals surface area contributed by atoms with Gasteiger partial charge in [0, 0.05) is 24.0 Å². The van der Waals surface area contributed by atoms with E-state index >= 15 is 0 Å². The van der Waals surface area contributed by atoms with Gasteiger partial charge in [-0.25, -0.2) is 0 Å². The van der Waals surface area contributed by atoms with E-state index in [9.17, 15) is 9.59 Å². The molecule has 0 bridgehead atoms. The number of anilines is 2. The maximum Gasteiger partial charge on any atom is 0.316 e. The first-order valence-corrected chi connectivity index (χ1v) is 7.26. The first-order chi connectivity index (χ1) is 11.2. The highest BCUT2D eigenvalue weighted by molar-refractivity contribution is 6.44. The predicted molar refractivity (Wildman–Crippen MR) is 85.7 cm³/mol. The van der Waals surface area contributed by atoms with Crippen molar-refractivity contribution in [2.45, 2.75) is 6.92 Å². The van der Waals surface area contributed by atoms with Crippen molar-refractivity contribution in [1.29, 1.82) is 0 Å². The lowest BCUT2D eigenvalue weighted by molar-refractivity contribution is -0.134. The Morgan fingerprint density at radius 1 is 1.09 bits per heavy atom. The number of nitrogens with zero attached hydrogens (tertiary/aromatic N) is 1. The summed E-state index contributed by atoms with van der Waals surface area (Å²) in [6.45, 7) is 2.37. The van der Waals surface area contributed by atoms with Crippen molar-refractivity contribution < 1.29 is 19.1 Å². The van der Waals surface area contributed by atoms with E-state index in [1.54, 1.807) is 30.3 Å². The lowest BCUT2D eigenvalue weighted by atomic mass is 10.2. The molecule has 6 heteroatoms. The second-order valence-corrected chi connectivity index (χ2v) is 4.91. The number of rotatable bonds is 3. The van der Waals surface area contributed by atoms with Crippen LogP contribution in [0.25, 0.3) is 0 Å². The highest BCUT2D eigenvalue weighted by Crippen LogP contribution is 2.34. The van der Waals surface area contributed by atoms with Gasteiger partial charge in [-0.2, -0.15) is 0 Å². The SMILES string of the molecule is CCN(C(=O)C(=O)Nc1ccc2c(c1)OCO2)c1ccccc1. The van der Waals surface area contributed by atoms with Gasteiger partial charge in [0.15, 0.2) is 11.5 Å². The van der Waals surface area contributed by atoms with Crippen LogP contribution in [0, 0.1) is 0 Å². The number of para-hydroxylation sites is 1. The van der Waals surface area contributed by atoms with Crippen LogP contribution in [0.2, 0.25) is 0 Å². The smallest absolute Gasteiger partial charge is 0.316 e. The number of hydrogen-bond donors (Lipinski definition) is 1. The van der Waals surface area contributed by atoms with Crippen LogP contribution in [0.4, 0.5) is 11.4 Å². The summed E-state index contributed by atoms with van der Waals surface area (Å²) in [4.78, 5) is 26.0. The quantitative estimate of drug-likeness (QED) is 0.884. The molecule has 0 radical (unpaired) electrons. The Hall–Kier alpha value is -3.02. The lowest BCUT2D eigenvalue weighted by Crippen LogP contribution is -2.39. The minimum absolute atomic E-state index is 0.156. The molecular weight excluding hydrogens is 296 g/mol. The molecule has 118 valence electrons. The zero-order valence-electron chi connectivity index (χ0n) is 12.6. The fourth-order valence-electron chi connectivity index (χ4n) is 2.33. The molecule has 1 heterocycles. The third kappa shape index (κ3) is 3.11. The topological polar surface area (TPSA) is 67.9 Å². The fraction of sp³-hybridized carbons (Fsp3) is 0.176. The minimum atomic E-state index is -0.699. The Balaban J connectivity index is 1.73. The Morgan fingerprint density at radius 3 is 2.57 bits per heavy atom. The highest BCUT2D eigenvalue weighted by Gasteiger charge is 2.23. The number of carbonyl (C=O) groups excluding carboxylic acids is 2. The average Bonchev–Trinajstić information content (AvgIpc) is 3.04. The van der Waals surface area contributed by atoms with Gasteiger partial charge in [0.25, 0.3) is 0 Å². The van der Waals surface area contributed by atoms with Gasteiger partial charge in [0.05, 0.1) is 0 Å². The number of hydrogen-bond acceptors (Lipinski definition) is 4. The summed E-state index contributed by atoms with van der Waals surface area (Å²) < 4.78 is 10.5. The van der Waals surface area contributed by atoms with Crippen molar-refractivity contribution in [2.75, 3.05) is 23.6 Å². The van der Waals surface area contributed by atoms with E-state index in [1.165, 1.54) is 4.90 Å². The normalized spacial score (nSPS) is 11.9. The molecule has 2 aromatic carbocycles. The van der Waals surface area contributed by atoms with Gasteiger partial charge in [0.1, 0.15) is 0 Å². The Labute approximate surface area is 133 Å². The zero-order valence-corrected chi connectivity index (χ0v) is 12.6. The molecule has 6 nitrogen and oxygen atoms in total. The van der Waals surface area contributed by atoms with E-state index in [2.05, 4.69) is 5.32 Å². The van der Waals surface area contributed by atoms with E-state index in [0.717, 1.165) is 0 Å². The van der Waals surface area contributed by atoms with E-state index < -0.39 is 11.8 Å². The van der Waals surface area contributed by atoms with Crippen LogP contribution in [0.1, 0.15) is 6.92 Å². The van der Waals surface area contributed by atoms with Gasteiger partial charge in [-0.15, -0.1) is 0 Å². The van der Waals surface area contributed by atoms with Crippen LogP contribution in [0.3, 0.4) is 0 Å². The van der Waals surface area contributed by atoms with Gasteiger partial charge < -0.3 is 19.7 Å². The average molecular weight is 312 g/mol. The molecule has 1 N–H and O–H groups in total. The molecule has 0 fully saturated rings. The molecule has 0 spiro atoms. The summed E-state index contributed by atoms with van der Waals surface area (Å²) in [7, 11) is 0. The lowest BCUT2D eigenvalue weighted by Gasteiger charge is -2.20. The maximum atomic E-state index is 12.4. The van der Waals surface area contributed by atoms with Crippen LogP contribution < -0.4 is 19.7 Å². The van der Waals surface area contributed by atoms with E-state index in [4.69, 9.17) is 9.47 Å². The van der Waals surface area contributed by atoms with E-state index in [-0.39, 0.29) is 6.79 Å². The van der Waals surface area contributed by atoms with Crippen molar-refractivity contribution in [2.24, 2.45) is 0 Å². The second kappa shape index (κ2) is 6.39. The molecule has 3 rings (SSSR count). The molecule has 0 saturated carbocycles. The monoisotopic (exact) mass is 312 g/mol. The van der Waals surface area contributed by atoms with Crippen LogP contribution in [-0.4, -0.2) is 25.2 Å². The third-order valence-corrected chi connectivity index (χ3v) is 3.45. The largest absolute Gasteiger partial charge is 0.454 e. The van der Waals surface area contributed by atoms with E-state index in [0.29, 0.717) is 29.4 Å². The van der Waals surface area contributed by atoms with Gasteiger partial charge in [0.2, 0.25) is 6.79 Å². The van der Waals surface area contributed by atoms with Crippen molar-refractivity contribution in [3.8, 4) is 11.5 Å². The first-order valence-electron chi connectivity index (χ1n) is 7.26. The van der Waals surface area contributed by atoms with Crippen molar-refractivity contribution in [3.05, 3.63) is 48.5 Å². The molecule has 0 aliphatic carbocycles. The molecule has 0 atom stereocenters. The summed E-state index contributed by atoms with van der Waals surface area (Å²) in [5.41, 5.74) is 1.16. The van der Waals surface area contributed by atoms with Gasteiger partial charge in [-0.05, 0) is 31.2 Å². The molecule has 0 unspecified atom stereocenters. The van der Waals surface area contributed by atoms with Crippen LogP contribution >= 0.6 is 0 Å². The summed E-state index contributed by atoms with van der Waals surface area (Å²) in [6, 6.07) is 14.1. The van der Waals surface area contributed by atoms with Gasteiger partial charge in [-0.1, -0.05) is 18.2 Å². The Bertz CT molecular complexity index is 731. The molecule has 1 aliphatic heterocycles. The Kier molecular flexibility index (Phi) is 4.14. The number of likely N-dealkylation sites (N-methyl/N-ethyl adjacent to an activating group) is 1. The van der Waals surface area contributed by atoms with Crippen LogP contribution in [0.5, 0.6) is 11.5 Å². The number of amides is 2. The van der Waals surface area contributed by atoms with E-state index in [1.807, 2.05) is 25.1 Å². The summed E-state index contributed by atoms with van der Waals surface area (Å²) >= 11 is 0. The molecular formula is C17H16N2O4. The molecule has 0 saturated heterocycles. The summed E-state index contributed by atoms with van der Waals surface area (Å²) in [5.74, 6) is -0.148. The standard InChI is InChI=1S/C17H16N2O4/c1-2-19(13-6-4-3-5-7-13)17(21)16(20)18-12-8-9-14-15(10-12)23-11-22-14/h3-10H,2,11H2,1H3,(H,18,20). The Morgan fingerprint density at radius 2 is 1.83 bits per heavy atom. The van der Waals surface area contributed by atoms with Crippen molar-refractivity contribution >= 4 is 23.2 Å². The number of nitrogens with one attached hydrogen (secondary N) is 1. The summed E-state index contributed by atoms with van der Waals surface area (Å²) in [6.07, 6.45) is 0. The summed E-state index contributed by atoms with van der Waals surface area (Å²) in [5, 5.41) is 2.59. The van der Waals surface area contributed by atoms with Crippen LogP contribution in [-0.2, 0) is 9.59 Å². The zero-order chi connectivity index (χ0) is 16.2. The van der Waals surface area contributed by atoms with Crippen molar-refractivity contribution in [1.82, 2.24) is 0 Å². The first kappa shape index (κ1) is 14.9. The molecule has 2 amide bonds. The van der Waals surface area contributed by atoms with Crippen molar-refractivity contribution in [3.63, 3.8) is 0 Å². The molecule has 1 aliphatic rings. The maximum absolute atomic E-state index is 12.4. The van der Waals surface area contributed by atoms with Crippen LogP contribution in [0.15, 0.2) is 48.5 Å². The fourth-order valence-corrected chi connectivity index (χ4v) is 2.33. The second-order valence-electron chi connectivity index (χ2n) is 4.91. The number of benzene rings is 2. The number of ether oxygens (including phenoxy) is 2.